The fourth-order valence-corrected chi connectivity index (χ4v) is 10.5. The first-order chi connectivity index (χ1) is 32.3. The van der Waals surface area contributed by atoms with Crippen molar-refractivity contribution in [2.45, 2.75) is 71.0 Å². The monoisotopic (exact) mass is 928 g/mol. The molecule has 0 aliphatic carbocycles. The number of piperazine rings is 1. The Morgan fingerprint density at radius 1 is 0.896 bits per heavy atom. The second kappa shape index (κ2) is 19.6. The summed E-state index contributed by atoms with van der Waals surface area (Å²) in [5, 5.41) is 32.6. The lowest BCUT2D eigenvalue weighted by atomic mass is 9.94. The number of urea groups is 1. The first kappa shape index (κ1) is 46.0. The minimum absolute atomic E-state index is 0.0539. The molecule has 4 aliphatic heterocycles. The van der Waals surface area contributed by atoms with Crippen molar-refractivity contribution in [3.05, 3.63) is 106 Å². The number of benzene rings is 4. The molecule has 3 saturated heterocycles. The molecule has 3 amide bonds. The number of piperidine rings is 1. The number of nitrogens with two attached hydrogens (primary N) is 1. The number of nitrogens with one attached hydrogen (secondary N) is 1. The van der Waals surface area contributed by atoms with Crippen molar-refractivity contribution >= 4 is 57.3 Å². The molecule has 5 heterocycles. The summed E-state index contributed by atoms with van der Waals surface area (Å²) in [5.41, 5.74) is 11.0. The number of likely N-dealkylation sites (N-methyl/N-ethyl adjacent to an activating group) is 1. The maximum Gasteiger partial charge on any atom is 0.325 e. The molecule has 0 bridgehead atoms. The number of nitrogens with zero attached hydrogens (tertiary/aromatic N) is 8. The summed E-state index contributed by atoms with van der Waals surface area (Å²) in [6, 6.07) is 21.8. The highest BCUT2D eigenvalue weighted by Crippen LogP contribution is 2.38. The number of primary amides is 1. The van der Waals surface area contributed by atoms with E-state index in [-0.39, 0.29) is 46.7 Å². The number of aromatic hydroxyl groups is 2. The largest absolute Gasteiger partial charge is 0.508 e. The molecule has 1 atom stereocenters. The van der Waals surface area contributed by atoms with Gasteiger partial charge in [-0.3, -0.25) is 15.1 Å². The molecule has 0 radical (unpaired) electrons. The number of carbonyl (C=O) groups is 2. The van der Waals surface area contributed by atoms with Crippen LogP contribution in [0.3, 0.4) is 0 Å². The number of anilines is 3. The molecule has 67 heavy (non-hydrogen) atoms. The van der Waals surface area contributed by atoms with Gasteiger partial charge in [0.2, 0.25) is 5.91 Å². The molecule has 9 rings (SSSR count). The van der Waals surface area contributed by atoms with E-state index in [0.29, 0.717) is 43.5 Å². The Labute approximate surface area is 397 Å². The Hall–Kier alpha value is -6.16. The first-order valence-electron chi connectivity index (χ1n) is 23.6. The molecular weight excluding hydrogens is 868 g/mol. The molecule has 4 aromatic carbocycles. The smallest absolute Gasteiger partial charge is 0.325 e. The van der Waals surface area contributed by atoms with Crippen LogP contribution in [0, 0.1) is 11.3 Å². The number of rotatable bonds is 11. The second-order valence-electron chi connectivity index (χ2n) is 18.8. The zero-order valence-corrected chi connectivity index (χ0v) is 39.4. The number of phenolic OH excluding ortho intramolecular Hbond substituents is 2. The van der Waals surface area contributed by atoms with Gasteiger partial charge in [-0.2, -0.15) is 9.97 Å². The minimum Gasteiger partial charge on any atom is -0.508 e. The van der Waals surface area contributed by atoms with Crippen molar-refractivity contribution in [3.63, 3.8) is 0 Å². The van der Waals surface area contributed by atoms with E-state index in [0.717, 1.165) is 121 Å². The predicted molar refractivity (Wildman–Crippen MR) is 263 cm³/mol. The predicted octanol–water partition coefficient (Wildman–Crippen LogP) is 7.32. The van der Waals surface area contributed by atoms with Crippen molar-refractivity contribution in [2.24, 2.45) is 11.7 Å². The summed E-state index contributed by atoms with van der Waals surface area (Å²) in [5.74, 6) is 0.314. The van der Waals surface area contributed by atoms with Crippen LogP contribution in [-0.4, -0.2) is 125 Å². The van der Waals surface area contributed by atoms with Crippen LogP contribution in [0.25, 0.3) is 10.8 Å². The molecule has 4 aliphatic rings. The molecule has 0 saturated carbocycles. The van der Waals surface area contributed by atoms with Crippen molar-refractivity contribution < 1.29 is 24.5 Å². The summed E-state index contributed by atoms with van der Waals surface area (Å²) in [4.78, 5) is 49.5. The van der Waals surface area contributed by atoms with Crippen LogP contribution in [0.2, 0.25) is 5.02 Å². The zero-order chi connectivity index (χ0) is 46.9. The van der Waals surface area contributed by atoms with Crippen molar-refractivity contribution in [3.8, 4) is 17.5 Å². The van der Waals surface area contributed by atoms with E-state index in [4.69, 9.17) is 37.4 Å². The maximum atomic E-state index is 14.2. The van der Waals surface area contributed by atoms with Gasteiger partial charge in [0.15, 0.2) is 0 Å². The third kappa shape index (κ3) is 9.68. The summed E-state index contributed by atoms with van der Waals surface area (Å²) in [6.45, 7) is 12.2. The first-order valence-corrected chi connectivity index (χ1v) is 23.9. The highest BCUT2D eigenvalue weighted by atomic mass is 35.5. The fourth-order valence-electron chi connectivity index (χ4n) is 10.3. The van der Waals surface area contributed by atoms with Gasteiger partial charge in [0, 0.05) is 74.4 Å². The summed E-state index contributed by atoms with van der Waals surface area (Å²) >= 11 is 6.78. The molecule has 0 unspecified atom stereocenters. The van der Waals surface area contributed by atoms with Crippen molar-refractivity contribution in [1.82, 2.24) is 24.7 Å². The SMILES string of the molecule is CC(C)c1cc(C(=N)N(C(N)=O)c2ccc(CN3CCC(C(=O)N4CCC[C@H]4COc4nc5c(c(N6CCN(C)CC6)n4)CCN(c4cccc6cccc(Cl)c46)C5)CC3)cc2)c(O)cc1O. The zero-order valence-electron chi connectivity index (χ0n) is 38.6. The Kier molecular flexibility index (Phi) is 13.4. The number of amidine groups is 1. The van der Waals surface area contributed by atoms with Gasteiger partial charge >= 0.3 is 12.0 Å². The van der Waals surface area contributed by atoms with Gasteiger partial charge < -0.3 is 40.3 Å². The molecule has 15 nitrogen and oxygen atoms in total. The number of halogens is 1. The van der Waals surface area contributed by atoms with E-state index >= 15 is 0 Å². The lowest BCUT2D eigenvalue weighted by molar-refractivity contribution is -0.138. The quantitative estimate of drug-likeness (QED) is 0.0771. The average Bonchev–Trinajstić information content (AvgIpc) is 3.80. The molecule has 1 aromatic heterocycles. The third-order valence-corrected chi connectivity index (χ3v) is 14.4. The van der Waals surface area contributed by atoms with E-state index in [2.05, 4.69) is 50.9 Å². The molecule has 0 spiro atoms. The van der Waals surface area contributed by atoms with E-state index in [1.165, 1.54) is 17.7 Å². The van der Waals surface area contributed by atoms with Crippen LogP contribution in [-0.2, 0) is 24.3 Å². The van der Waals surface area contributed by atoms with Gasteiger partial charge in [0.25, 0.3) is 0 Å². The summed E-state index contributed by atoms with van der Waals surface area (Å²) in [6.07, 6.45) is 4.11. The summed E-state index contributed by atoms with van der Waals surface area (Å²) in [7, 11) is 2.16. The molecule has 16 heteroatoms. The van der Waals surface area contributed by atoms with Crippen LogP contribution < -0.4 is 25.2 Å². The number of hydrogen-bond donors (Lipinski definition) is 4. The highest BCUT2D eigenvalue weighted by molar-refractivity contribution is 6.36. The third-order valence-electron chi connectivity index (χ3n) is 14.1. The van der Waals surface area contributed by atoms with Crippen LogP contribution in [0.15, 0.2) is 72.8 Å². The molecule has 352 valence electrons. The topological polar surface area (TPSA) is 179 Å². The molecule has 3 fully saturated rings. The number of ether oxygens (including phenoxy) is 1. The minimum atomic E-state index is -0.867. The number of fused-ring (bicyclic) bond motifs is 2. The van der Waals surface area contributed by atoms with E-state index in [9.17, 15) is 19.8 Å². The highest BCUT2D eigenvalue weighted by Gasteiger charge is 2.36. The van der Waals surface area contributed by atoms with Gasteiger partial charge in [-0.15, -0.1) is 0 Å². The van der Waals surface area contributed by atoms with E-state index in [1.54, 1.807) is 12.1 Å². The number of carbonyl (C=O) groups excluding carboxylic acids is 2. The molecule has 5 aromatic rings. The van der Waals surface area contributed by atoms with Gasteiger partial charge in [-0.1, -0.05) is 61.8 Å². The Morgan fingerprint density at radius 2 is 1.63 bits per heavy atom. The Bertz CT molecular complexity index is 2640. The fraction of sp³-hybridized carbons (Fsp3) is 0.431. The number of hydrogen-bond acceptors (Lipinski definition) is 12. The van der Waals surface area contributed by atoms with Gasteiger partial charge in [-0.25, -0.2) is 9.69 Å². The van der Waals surface area contributed by atoms with Crippen LogP contribution in [0.1, 0.15) is 73.4 Å². The lowest BCUT2D eigenvalue weighted by Crippen LogP contribution is -2.46. The van der Waals surface area contributed by atoms with Gasteiger partial charge in [-0.05, 0) is 105 Å². The normalized spacial score (nSPS) is 18.4. The molecule has 5 N–H and O–H groups in total. The Morgan fingerprint density at radius 3 is 2.34 bits per heavy atom. The van der Waals surface area contributed by atoms with Crippen molar-refractivity contribution in [1.29, 1.82) is 5.41 Å². The average molecular weight is 930 g/mol. The number of aromatic nitrogens is 2. The van der Waals surface area contributed by atoms with Gasteiger partial charge in [0.1, 0.15) is 29.8 Å². The van der Waals surface area contributed by atoms with Gasteiger partial charge in [0.05, 0.1) is 34.6 Å². The van der Waals surface area contributed by atoms with Crippen LogP contribution in [0.5, 0.6) is 17.5 Å². The Balaban J connectivity index is 0.827. The standard InChI is InChI=1S/C51H61ClN10O5/c1-32(2)39-27-40(45(64)28-44(39)63)47(53)62(50(54)66)36-14-12-33(13-15-36)29-58-20-16-35(17-21-58)49(65)61-19-6-9-37(61)31-67-51-55-42-30-60(43-11-5-8-34-7-4-10-41(52)46(34)43)22-18-38(42)48(56-51)59-25-23-57(3)24-26-59/h4-5,7-8,10-15,27-28,32,35,37,53,63-64H,6,9,16-26,29-31H2,1-3H3,(H2,54,66)/t37-/m0/s1. The second-order valence-corrected chi connectivity index (χ2v) is 19.2. The number of phenols is 2. The van der Waals surface area contributed by atoms with E-state index in [1.807, 2.05) is 43.0 Å². The van der Waals surface area contributed by atoms with Crippen molar-refractivity contribution in [2.75, 3.05) is 80.7 Å². The van der Waals surface area contributed by atoms with E-state index < -0.39 is 6.03 Å². The van der Waals surface area contributed by atoms with Crippen LogP contribution in [0.4, 0.5) is 22.0 Å². The number of amides is 3. The summed E-state index contributed by atoms with van der Waals surface area (Å²) < 4.78 is 6.52. The number of likely N-dealkylation sites (tertiary alicyclic amines) is 2. The maximum absolute atomic E-state index is 14.2. The van der Waals surface area contributed by atoms with Crippen LogP contribution >= 0.6 is 11.6 Å². The lowest BCUT2D eigenvalue weighted by Gasteiger charge is -2.37. The molecular formula is C51H61ClN10O5.